The molecule has 4 nitrogen and oxygen atoms in total. The van der Waals surface area contributed by atoms with Crippen molar-refractivity contribution in [3.05, 3.63) is 29.6 Å². The Labute approximate surface area is 79.3 Å². The predicted octanol–water partition coefficient (Wildman–Crippen LogP) is 1.31. The molecule has 74 valence electrons. The van der Waals surface area contributed by atoms with Crippen LogP contribution in [0.15, 0.2) is 18.2 Å². The number of hydrogen-bond donors (Lipinski definition) is 2. The van der Waals surface area contributed by atoms with Crippen LogP contribution in [0.1, 0.15) is 11.7 Å². The highest BCUT2D eigenvalue weighted by Gasteiger charge is 2.26. The second kappa shape index (κ2) is 3.17. The van der Waals surface area contributed by atoms with E-state index in [0.717, 1.165) is 6.07 Å². The zero-order chi connectivity index (χ0) is 10.1. The fraction of sp³-hybridized carbons (Fsp3) is 0.222. The lowest BCUT2D eigenvalue weighted by Crippen LogP contribution is -2.12. The van der Waals surface area contributed by atoms with Gasteiger partial charge < -0.3 is 15.2 Å². The highest BCUT2D eigenvalue weighted by Crippen LogP contribution is 2.25. The second-order valence-electron chi connectivity index (χ2n) is 2.98. The van der Waals surface area contributed by atoms with Crippen molar-refractivity contribution in [1.82, 2.24) is 5.32 Å². The molecule has 1 aromatic carbocycles. The van der Waals surface area contributed by atoms with Crippen molar-refractivity contribution in [2.45, 2.75) is 6.10 Å². The molecule has 1 saturated heterocycles. The first-order chi connectivity index (χ1) is 6.66. The molecule has 1 amide bonds. The van der Waals surface area contributed by atoms with Gasteiger partial charge >= 0.3 is 6.09 Å². The number of amides is 1. The van der Waals surface area contributed by atoms with Crippen LogP contribution < -0.4 is 5.32 Å². The summed E-state index contributed by atoms with van der Waals surface area (Å²) in [6.07, 6.45) is -1.16. The van der Waals surface area contributed by atoms with Gasteiger partial charge in [0.2, 0.25) is 0 Å². The fourth-order valence-electron chi connectivity index (χ4n) is 1.34. The number of rotatable bonds is 1. The van der Waals surface area contributed by atoms with Crippen LogP contribution in [-0.4, -0.2) is 17.7 Å². The van der Waals surface area contributed by atoms with E-state index in [1.54, 1.807) is 0 Å². The van der Waals surface area contributed by atoms with Gasteiger partial charge in [0.05, 0.1) is 6.54 Å². The molecule has 14 heavy (non-hydrogen) atoms. The van der Waals surface area contributed by atoms with Crippen molar-refractivity contribution >= 4 is 6.09 Å². The summed E-state index contributed by atoms with van der Waals surface area (Å²) < 4.78 is 18.0. The zero-order valence-electron chi connectivity index (χ0n) is 7.16. The standard InChI is InChI=1S/C9H8FNO3/c10-7-3-5(12)1-2-6(7)8-4-11-9(13)14-8/h1-3,8,12H,4H2,(H,11,13). The van der Waals surface area contributed by atoms with E-state index in [1.165, 1.54) is 12.1 Å². The Kier molecular flexibility index (Phi) is 1.99. The van der Waals surface area contributed by atoms with E-state index in [1.807, 2.05) is 0 Å². The molecule has 1 fully saturated rings. The lowest BCUT2D eigenvalue weighted by atomic mass is 10.1. The molecule has 1 aliphatic heterocycles. The van der Waals surface area contributed by atoms with E-state index in [0.29, 0.717) is 0 Å². The van der Waals surface area contributed by atoms with Crippen molar-refractivity contribution in [1.29, 1.82) is 0 Å². The van der Waals surface area contributed by atoms with E-state index in [2.05, 4.69) is 5.32 Å². The lowest BCUT2D eigenvalue weighted by molar-refractivity contribution is 0.139. The third-order valence-corrected chi connectivity index (χ3v) is 2.01. The monoisotopic (exact) mass is 197 g/mol. The van der Waals surface area contributed by atoms with Gasteiger partial charge in [-0.05, 0) is 12.1 Å². The molecule has 0 spiro atoms. The van der Waals surface area contributed by atoms with Gasteiger partial charge in [-0.25, -0.2) is 9.18 Å². The number of hydrogen-bond acceptors (Lipinski definition) is 3. The number of phenolic OH excluding ortho intramolecular Hbond substituents is 1. The fourth-order valence-corrected chi connectivity index (χ4v) is 1.34. The number of halogens is 1. The SMILES string of the molecule is O=C1NCC(c2ccc(O)cc2F)O1. The Bertz CT molecular complexity index is 380. The summed E-state index contributed by atoms with van der Waals surface area (Å²) in [6, 6.07) is 3.74. The van der Waals surface area contributed by atoms with Crippen LogP contribution in [0.25, 0.3) is 0 Å². The number of nitrogens with one attached hydrogen (secondary N) is 1. The summed E-state index contributed by atoms with van der Waals surface area (Å²) in [4.78, 5) is 10.7. The largest absolute Gasteiger partial charge is 0.508 e. The zero-order valence-corrected chi connectivity index (χ0v) is 7.16. The van der Waals surface area contributed by atoms with E-state index in [9.17, 15) is 9.18 Å². The molecule has 0 aliphatic carbocycles. The molecular formula is C9H8FNO3. The van der Waals surface area contributed by atoms with Gasteiger partial charge in [-0.15, -0.1) is 0 Å². The van der Waals surface area contributed by atoms with Crippen molar-refractivity contribution in [3.8, 4) is 5.75 Å². The minimum atomic E-state index is -0.608. The molecule has 5 heteroatoms. The number of alkyl carbamates (subject to hydrolysis) is 1. The minimum Gasteiger partial charge on any atom is -0.508 e. The number of cyclic esters (lactones) is 1. The summed E-state index contributed by atoms with van der Waals surface area (Å²) in [5, 5.41) is 11.4. The van der Waals surface area contributed by atoms with Crippen molar-refractivity contribution in [2.24, 2.45) is 0 Å². The van der Waals surface area contributed by atoms with Gasteiger partial charge in [-0.3, -0.25) is 0 Å². The maximum atomic E-state index is 13.3. The third-order valence-electron chi connectivity index (χ3n) is 2.01. The number of aromatic hydroxyl groups is 1. The molecule has 0 aromatic heterocycles. The molecule has 0 saturated carbocycles. The lowest BCUT2D eigenvalue weighted by Gasteiger charge is -2.08. The summed E-state index contributed by atoms with van der Waals surface area (Å²) >= 11 is 0. The van der Waals surface area contributed by atoms with Gasteiger partial charge in [0.15, 0.2) is 0 Å². The van der Waals surface area contributed by atoms with Gasteiger partial charge in [0.25, 0.3) is 0 Å². The molecule has 1 heterocycles. The van der Waals surface area contributed by atoms with Crippen molar-refractivity contribution < 1.29 is 19.0 Å². The predicted molar refractivity (Wildman–Crippen MR) is 45.3 cm³/mol. The highest BCUT2D eigenvalue weighted by atomic mass is 19.1. The number of phenols is 1. The van der Waals surface area contributed by atoms with E-state index in [-0.39, 0.29) is 17.9 Å². The number of benzene rings is 1. The molecule has 1 unspecified atom stereocenters. The van der Waals surface area contributed by atoms with E-state index >= 15 is 0 Å². The summed E-state index contributed by atoms with van der Waals surface area (Å²) in [5.74, 6) is -0.727. The number of carbonyl (C=O) groups is 1. The van der Waals surface area contributed by atoms with Crippen LogP contribution >= 0.6 is 0 Å². The normalized spacial score (nSPS) is 20.4. The molecule has 1 aliphatic rings. The smallest absolute Gasteiger partial charge is 0.407 e. The second-order valence-corrected chi connectivity index (χ2v) is 2.98. The van der Waals surface area contributed by atoms with Crippen LogP contribution in [0.5, 0.6) is 5.75 Å². The number of carbonyl (C=O) groups excluding carboxylic acids is 1. The van der Waals surface area contributed by atoms with Crippen LogP contribution in [0.2, 0.25) is 0 Å². The Balaban J connectivity index is 2.28. The average Bonchev–Trinajstić information content (AvgIpc) is 2.51. The minimum absolute atomic E-state index is 0.150. The van der Waals surface area contributed by atoms with Gasteiger partial charge in [0.1, 0.15) is 17.7 Å². The summed E-state index contributed by atoms with van der Waals surface area (Å²) in [7, 11) is 0. The van der Waals surface area contributed by atoms with Crippen molar-refractivity contribution in [3.63, 3.8) is 0 Å². The van der Waals surface area contributed by atoms with E-state index < -0.39 is 18.0 Å². The first-order valence-corrected chi connectivity index (χ1v) is 4.10. The Morgan fingerprint density at radius 1 is 1.57 bits per heavy atom. The van der Waals surface area contributed by atoms with Crippen LogP contribution in [-0.2, 0) is 4.74 Å². The quantitative estimate of drug-likeness (QED) is 0.713. The highest BCUT2D eigenvalue weighted by molar-refractivity contribution is 5.69. The maximum absolute atomic E-state index is 13.3. The van der Waals surface area contributed by atoms with Crippen LogP contribution in [0.3, 0.4) is 0 Å². The van der Waals surface area contributed by atoms with Crippen LogP contribution in [0, 0.1) is 5.82 Å². The Morgan fingerprint density at radius 2 is 2.36 bits per heavy atom. The molecule has 0 bridgehead atoms. The number of ether oxygens (including phenoxy) is 1. The first-order valence-electron chi connectivity index (χ1n) is 4.10. The Morgan fingerprint density at radius 3 is 2.93 bits per heavy atom. The molecule has 2 rings (SSSR count). The molecular weight excluding hydrogens is 189 g/mol. The Hall–Kier alpha value is -1.78. The molecule has 1 aromatic rings. The van der Waals surface area contributed by atoms with E-state index in [4.69, 9.17) is 9.84 Å². The van der Waals surface area contributed by atoms with Gasteiger partial charge in [-0.1, -0.05) is 0 Å². The van der Waals surface area contributed by atoms with Crippen molar-refractivity contribution in [2.75, 3.05) is 6.54 Å². The van der Waals surface area contributed by atoms with Gasteiger partial charge in [-0.2, -0.15) is 0 Å². The summed E-state index contributed by atoms with van der Waals surface area (Å²) in [5.41, 5.74) is 0.265. The maximum Gasteiger partial charge on any atom is 0.407 e. The first kappa shape index (κ1) is 8.80. The topological polar surface area (TPSA) is 58.6 Å². The molecule has 1 atom stereocenters. The summed E-state index contributed by atoms with van der Waals surface area (Å²) in [6.45, 7) is 0.251. The van der Waals surface area contributed by atoms with Crippen LogP contribution in [0.4, 0.5) is 9.18 Å². The average molecular weight is 197 g/mol. The third kappa shape index (κ3) is 1.48. The molecule has 0 radical (unpaired) electrons. The van der Waals surface area contributed by atoms with Gasteiger partial charge in [0, 0.05) is 11.6 Å². The molecule has 2 N–H and O–H groups in total.